The summed E-state index contributed by atoms with van der Waals surface area (Å²) in [6.45, 7) is 8.00. The number of H-pyrrole nitrogens is 2. The molecular weight excluding hydrogens is 1100 g/mol. The summed E-state index contributed by atoms with van der Waals surface area (Å²) in [6, 6.07) is 25.3. The van der Waals surface area contributed by atoms with Crippen molar-refractivity contribution in [3.8, 4) is 11.8 Å². The van der Waals surface area contributed by atoms with Crippen molar-refractivity contribution < 1.29 is 59.7 Å². The highest BCUT2D eigenvalue weighted by atomic mass is 32.2. The number of anilines is 3. The summed E-state index contributed by atoms with van der Waals surface area (Å²) in [6.07, 6.45) is -0.273. The van der Waals surface area contributed by atoms with Crippen molar-refractivity contribution in [3.63, 3.8) is 0 Å². The minimum atomic E-state index is -4.68. The van der Waals surface area contributed by atoms with Crippen LogP contribution in [0, 0.1) is 25.2 Å². The first-order valence-corrected chi connectivity index (χ1v) is 27.5. The lowest BCUT2D eigenvalue weighted by Crippen LogP contribution is -2.45. The van der Waals surface area contributed by atoms with Gasteiger partial charge in [-0.1, -0.05) is 18.2 Å². The van der Waals surface area contributed by atoms with Crippen molar-refractivity contribution in [1.29, 1.82) is 5.26 Å². The van der Waals surface area contributed by atoms with Crippen molar-refractivity contribution in [2.45, 2.75) is 44.4 Å². The van der Waals surface area contributed by atoms with E-state index in [0.717, 1.165) is 23.3 Å². The van der Waals surface area contributed by atoms with Crippen LogP contribution in [0.3, 0.4) is 0 Å². The van der Waals surface area contributed by atoms with Crippen molar-refractivity contribution in [2.24, 2.45) is 0 Å². The SMILES string of the molecule is Cc1ccc(NS(=O)(=O)c2ccc(C(=O)NCCOCCOCCOCCOCCNC(=O)[C@H](C)NC(=O)c3n[nH]c4cc(NCc5cccc(NC(=O)c6cc(-n7cncc7C)cc(C(F)(F)F)c6)c5)ccc34)cc2)c2[nH]cc(C#N)c12. The molecule has 8 rings (SSSR count). The Hall–Kier alpha value is -9.13. The Morgan fingerprint density at radius 1 is 0.771 bits per heavy atom. The van der Waals surface area contributed by atoms with E-state index in [0.29, 0.717) is 83.1 Å². The van der Waals surface area contributed by atoms with E-state index in [1.807, 2.05) is 13.0 Å². The normalized spacial score (nSPS) is 12.0. The molecule has 5 aromatic carbocycles. The number of alkyl halides is 3. The first-order valence-electron chi connectivity index (χ1n) is 26.0. The van der Waals surface area contributed by atoms with E-state index in [9.17, 15) is 46.0 Å². The Kier molecular flexibility index (Phi) is 19.9. The van der Waals surface area contributed by atoms with Crippen LogP contribution in [0.2, 0.25) is 0 Å². The van der Waals surface area contributed by atoms with E-state index in [1.54, 1.807) is 62.4 Å². The number of imidazole rings is 1. The predicted octanol–water partition coefficient (Wildman–Crippen LogP) is 7.13. The molecule has 0 radical (unpaired) electrons. The number of sulfonamides is 1. The van der Waals surface area contributed by atoms with Crippen LogP contribution in [0.5, 0.6) is 0 Å². The van der Waals surface area contributed by atoms with Gasteiger partial charge in [0.05, 0.1) is 91.9 Å². The smallest absolute Gasteiger partial charge is 0.381 e. The number of nitrogens with zero attached hydrogens (tertiary/aromatic N) is 4. The van der Waals surface area contributed by atoms with Gasteiger partial charge in [-0.3, -0.25) is 29.0 Å². The standard InChI is InChI=1S/C57H59F3N12O10S/c1-35-7-14-48(52-50(35)41(30-61)33-66-52)71-83(77,78)46-11-8-39(9-12-46)54(74)64-16-18-80-20-22-82-24-23-81-21-19-79-17-15-63-53(73)37(3)67-56(76)51-47-13-10-43(29-49(47)69-70-51)65-32-38-5-4-6-44(25-38)68-55(75)40-26-42(57(58,59)60)28-45(27-40)72-34-62-31-36(72)2/h4-14,25-29,31,33-34,37,65-66,71H,15-24,32H2,1-3H3,(H,63,73)(H,64,74)(H,67,76)(H,68,75)(H,69,70)/t37-/m0/s1. The van der Waals surface area contributed by atoms with Crippen LogP contribution < -0.4 is 31.3 Å². The molecule has 4 amide bonds. The van der Waals surface area contributed by atoms with Gasteiger partial charge in [0.25, 0.3) is 27.7 Å². The number of rotatable bonds is 28. The second-order valence-electron chi connectivity index (χ2n) is 18.8. The van der Waals surface area contributed by atoms with Gasteiger partial charge in [0.15, 0.2) is 5.69 Å². The number of fused-ring (bicyclic) bond motifs is 2. The molecule has 0 aliphatic heterocycles. The van der Waals surface area contributed by atoms with Crippen molar-refractivity contribution in [3.05, 3.63) is 161 Å². The number of aromatic amines is 2. The second-order valence-corrected chi connectivity index (χ2v) is 20.5. The molecule has 8 aromatic rings. The largest absolute Gasteiger partial charge is 0.416 e. The molecule has 0 fully saturated rings. The van der Waals surface area contributed by atoms with E-state index < -0.39 is 51.4 Å². The lowest BCUT2D eigenvalue weighted by Gasteiger charge is -2.14. The topological polar surface area (TPSA) is 298 Å². The van der Waals surface area contributed by atoms with Crippen LogP contribution in [-0.2, 0) is 46.5 Å². The molecule has 0 aliphatic carbocycles. The summed E-state index contributed by atoms with van der Waals surface area (Å²) in [5, 5.41) is 31.7. The predicted molar refractivity (Wildman–Crippen MR) is 302 cm³/mol. The van der Waals surface area contributed by atoms with E-state index in [-0.39, 0.29) is 66.9 Å². The van der Waals surface area contributed by atoms with Gasteiger partial charge in [-0.2, -0.15) is 23.5 Å². The number of amides is 4. The van der Waals surface area contributed by atoms with Crippen molar-refractivity contribution in [1.82, 2.24) is 40.7 Å². The first kappa shape index (κ1) is 60.0. The third-order valence-corrected chi connectivity index (χ3v) is 14.2. The van der Waals surface area contributed by atoms with Gasteiger partial charge in [-0.15, -0.1) is 0 Å². The number of carbonyl (C=O) groups excluding carboxylic acids is 4. The summed E-state index contributed by atoms with van der Waals surface area (Å²) in [4.78, 5) is 58.7. The van der Waals surface area contributed by atoms with Crippen LogP contribution in [-0.4, -0.2) is 129 Å². The van der Waals surface area contributed by atoms with Crippen LogP contribution in [0.25, 0.3) is 27.5 Å². The molecule has 0 saturated heterocycles. The average Bonchev–Trinajstić information content (AvgIpc) is 4.06. The number of aromatic nitrogens is 5. The minimum Gasteiger partial charge on any atom is -0.381 e. The Morgan fingerprint density at radius 2 is 1.47 bits per heavy atom. The number of aryl methyl sites for hydroxylation is 2. The molecule has 0 bridgehead atoms. The summed E-state index contributed by atoms with van der Waals surface area (Å²) >= 11 is 0. The van der Waals surface area contributed by atoms with Gasteiger partial charge in [0, 0.05) is 76.7 Å². The molecule has 3 heterocycles. The van der Waals surface area contributed by atoms with Gasteiger partial charge < -0.3 is 55.1 Å². The molecule has 3 aromatic heterocycles. The average molecular weight is 1160 g/mol. The third-order valence-electron chi connectivity index (χ3n) is 12.8. The number of halogens is 3. The van der Waals surface area contributed by atoms with Crippen LogP contribution >= 0.6 is 0 Å². The molecule has 8 N–H and O–H groups in total. The molecule has 83 heavy (non-hydrogen) atoms. The van der Waals surface area contributed by atoms with Gasteiger partial charge in [0.2, 0.25) is 5.91 Å². The van der Waals surface area contributed by atoms with Crippen molar-refractivity contribution >= 4 is 72.5 Å². The number of ether oxygens (including phenoxy) is 4. The highest BCUT2D eigenvalue weighted by Gasteiger charge is 2.32. The lowest BCUT2D eigenvalue weighted by molar-refractivity contribution is -0.137. The maximum Gasteiger partial charge on any atom is 0.416 e. The fraction of sp³-hybridized carbons (Fsp3) is 0.281. The monoisotopic (exact) mass is 1160 g/mol. The first-order chi connectivity index (χ1) is 39.9. The Bertz CT molecular complexity index is 3770. The van der Waals surface area contributed by atoms with Gasteiger partial charge in [-0.05, 0) is 111 Å². The Labute approximate surface area is 474 Å². The summed E-state index contributed by atoms with van der Waals surface area (Å²) < 4.78 is 93.8. The fourth-order valence-corrected chi connectivity index (χ4v) is 9.63. The fourth-order valence-electron chi connectivity index (χ4n) is 8.56. The Balaban J connectivity index is 0.646. The number of nitrogens with one attached hydrogen (secondary N) is 8. The number of hydrogen-bond donors (Lipinski definition) is 8. The summed E-state index contributed by atoms with van der Waals surface area (Å²) in [5.74, 6) is -2.10. The highest BCUT2D eigenvalue weighted by molar-refractivity contribution is 7.92. The quantitative estimate of drug-likeness (QED) is 0.0226. The van der Waals surface area contributed by atoms with Crippen molar-refractivity contribution in [2.75, 3.05) is 81.3 Å². The molecule has 0 unspecified atom stereocenters. The molecule has 0 saturated carbocycles. The maximum atomic E-state index is 13.8. The molecular formula is C57H59F3N12O10S. The van der Waals surface area contributed by atoms with Gasteiger partial charge in [0.1, 0.15) is 12.1 Å². The van der Waals surface area contributed by atoms with Crippen LogP contribution in [0.4, 0.5) is 30.2 Å². The zero-order chi connectivity index (χ0) is 59.1. The van der Waals surface area contributed by atoms with Gasteiger partial charge in [-0.25, -0.2) is 13.4 Å². The Morgan fingerprint density at radius 3 is 2.14 bits per heavy atom. The van der Waals surface area contributed by atoms with E-state index in [1.165, 1.54) is 53.6 Å². The van der Waals surface area contributed by atoms with E-state index in [4.69, 9.17) is 18.9 Å². The number of nitriles is 1. The highest BCUT2D eigenvalue weighted by Crippen LogP contribution is 2.33. The van der Waals surface area contributed by atoms with E-state index in [2.05, 4.69) is 57.5 Å². The van der Waals surface area contributed by atoms with Crippen LogP contribution in [0.1, 0.15) is 66.1 Å². The lowest BCUT2D eigenvalue weighted by atomic mass is 10.1. The van der Waals surface area contributed by atoms with Crippen LogP contribution in [0.15, 0.2) is 121 Å². The number of hydrogen-bond acceptors (Lipinski definition) is 14. The molecule has 0 spiro atoms. The molecule has 22 nitrogen and oxygen atoms in total. The summed E-state index contributed by atoms with van der Waals surface area (Å²) in [5.41, 5.74) is 4.34. The zero-order valence-corrected chi connectivity index (χ0v) is 46.1. The van der Waals surface area contributed by atoms with Gasteiger partial charge >= 0.3 is 6.18 Å². The zero-order valence-electron chi connectivity index (χ0n) is 45.2. The summed E-state index contributed by atoms with van der Waals surface area (Å²) in [7, 11) is -4.00. The number of benzene rings is 5. The second kappa shape index (κ2) is 27.6. The minimum absolute atomic E-state index is 0.0402. The maximum absolute atomic E-state index is 13.8. The number of carbonyl (C=O) groups is 4. The van der Waals surface area contributed by atoms with E-state index >= 15 is 0 Å². The molecule has 26 heteroatoms. The molecule has 0 aliphatic rings. The molecule has 1 atom stereocenters. The molecule has 434 valence electrons. The third kappa shape index (κ3) is 15.9.